The Labute approximate surface area is 164 Å². The van der Waals surface area contributed by atoms with Gasteiger partial charge in [0.15, 0.2) is 6.10 Å². The van der Waals surface area contributed by atoms with E-state index < -0.39 is 18.0 Å². The number of nitrogens with one attached hydrogen (secondary N) is 1. The van der Waals surface area contributed by atoms with Gasteiger partial charge in [0.25, 0.3) is 5.91 Å². The number of esters is 1. The summed E-state index contributed by atoms with van der Waals surface area (Å²) in [5, 5.41) is 5.18. The number of benzene rings is 1. The summed E-state index contributed by atoms with van der Waals surface area (Å²) in [6, 6.07) is 10.3. The summed E-state index contributed by atoms with van der Waals surface area (Å²) in [6.45, 7) is 1.49. The van der Waals surface area contributed by atoms with Crippen LogP contribution in [-0.4, -0.2) is 22.5 Å². The number of thiophene rings is 1. The SMILES string of the molecule is CC(OC(=O)c1sccc1-n1cccc1)C(=O)Nc1cc(Cl)ccc1Cl. The molecule has 0 aliphatic carbocycles. The second-order valence-corrected chi connectivity index (χ2v) is 7.15. The molecule has 0 fully saturated rings. The van der Waals surface area contributed by atoms with Gasteiger partial charge in [-0.25, -0.2) is 4.79 Å². The number of aromatic nitrogens is 1. The maximum Gasteiger partial charge on any atom is 0.351 e. The minimum absolute atomic E-state index is 0.342. The Morgan fingerprint density at radius 1 is 1.19 bits per heavy atom. The van der Waals surface area contributed by atoms with E-state index in [0.717, 1.165) is 0 Å². The Balaban J connectivity index is 1.69. The highest BCUT2D eigenvalue weighted by atomic mass is 35.5. The van der Waals surface area contributed by atoms with Gasteiger partial charge in [0.1, 0.15) is 4.88 Å². The number of ether oxygens (including phenoxy) is 1. The fourth-order valence-electron chi connectivity index (χ4n) is 2.25. The van der Waals surface area contributed by atoms with Crippen LogP contribution in [0.25, 0.3) is 5.69 Å². The van der Waals surface area contributed by atoms with Gasteiger partial charge >= 0.3 is 5.97 Å². The molecule has 134 valence electrons. The third-order valence-electron chi connectivity index (χ3n) is 3.55. The van der Waals surface area contributed by atoms with Crippen molar-refractivity contribution in [2.24, 2.45) is 0 Å². The normalized spacial score (nSPS) is 11.8. The minimum Gasteiger partial charge on any atom is -0.448 e. The topological polar surface area (TPSA) is 60.3 Å². The van der Waals surface area contributed by atoms with Crippen LogP contribution in [0.4, 0.5) is 5.69 Å². The molecule has 8 heteroatoms. The number of hydrogen-bond donors (Lipinski definition) is 1. The number of rotatable bonds is 5. The van der Waals surface area contributed by atoms with Crippen molar-refractivity contribution in [1.82, 2.24) is 4.57 Å². The highest BCUT2D eigenvalue weighted by Gasteiger charge is 2.23. The van der Waals surface area contributed by atoms with Gasteiger partial charge in [-0.3, -0.25) is 4.79 Å². The summed E-state index contributed by atoms with van der Waals surface area (Å²) >= 11 is 13.2. The Bertz CT molecular complexity index is 938. The lowest BCUT2D eigenvalue weighted by Gasteiger charge is -2.14. The van der Waals surface area contributed by atoms with Gasteiger partial charge in [0, 0.05) is 17.4 Å². The Kier molecular flexibility index (Phi) is 5.66. The molecule has 1 atom stereocenters. The number of amides is 1. The summed E-state index contributed by atoms with van der Waals surface area (Å²) < 4.78 is 7.12. The van der Waals surface area contributed by atoms with Gasteiger partial charge in [-0.1, -0.05) is 23.2 Å². The molecule has 0 bridgehead atoms. The predicted molar refractivity (Wildman–Crippen MR) is 104 cm³/mol. The van der Waals surface area contributed by atoms with Crippen LogP contribution in [0.5, 0.6) is 0 Å². The third kappa shape index (κ3) is 4.09. The molecule has 0 aliphatic rings. The van der Waals surface area contributed by atoms with Gasteiger partial charge in [0.2, 0.25) is 0 Å². The molecule has 26 heavy (non-hydrogen) atoms. The lowest BCUT2D eigenvalue weighted by atomic mass is 10.3. The second-order valence-electron chi connectivity index (χ2n) is 5.39. The molecule has 5 nitrogen and oxygen atoms in total. The maximum atomic E-state index is 12.5. The molecule has 2 heterocycles. The molecule has 0 aliphatic heterocycles. The van der Waals surface area contributed by atoms with Gasteiger partial charge in [0.05, 0.1) is 16.4 Å². The van der Waals surface area contributed by atoms with Crippen LogP contribution in [-0.2, 0) is 9.53 Å². The number of halogens is 2. The fourth-order valence-corrected chi connectivity index (χ4v) is 3.36. The monoisotopic (exact) mass is 408 g/mol. The quantitative estimate of drug-likeness (QED) is 0.602. The maximum absolute atomic E-state index is 12.5. The zero-order valence-corrected chi connectivity index (χ0v) is 15.9. The van der Waals surface area contributed by atoms with E-state index in [9.17, 15) is 9.59 Å². The van der Waals surface area contributed by atoms with Gasteiger partial charge < -0.3 is 14.6 Å². The molecule has 3 rings (SSSR count). The number of carbonyl (C=O) groups excluding carboxylic acids is 2. The first kappa shape index (κ1) is 18.5. The number of anilines is 1. The Morgan fingerprint density at radius 3 is 2.65 bits per heavy atom. The smallest absolute Gasteiger partial charge is 0.351 e. The van der Waals surface area contributed by atoms with Crippen molar-refractivity contribution in [2.75, 3.05) is 5.32 Å². The molecule has 0 saturated carbocycles. The van der Waals surface area contributed by atoms with E-state index in [4.69, 9.17) is 27.9 Å². The van der Waals surface area contributed by atoms with E-state index in [-0.39, 0.29) is 0 Å². The van der Waals surface area contributed by atoms with Gasteiger partial charge in [-0.15, -0.1) is 11.3 Å². The summed E-state index contributed by atoms with van der Waals surface area (Å²) in [4.78, 5) is 25.2. The van der Waals surface area contributed by atoms with E-state index in [0.29, 0.717) is 26.3 Å². The van der Waals surface area contributed by atoms with Crippen molar-refractivity contribution in [3.8, 4) is 5.69 Å². The molecular weight excluding hydrogens is 395 g/mol. The number of nitrogens with zero attached hydrogens (tertiary/aromatic N) is 1. The van der Waals surface area contributed by atoms with Crippen molar-refractivity contribution < 1.29 is 14.3 Å². The van der Waals surface area contributed by atoms with Crippen LogP contribution in [0.15, 0.2) is 54.2 Å². The highest BCUT2D eigenvalue weighted by molar-refractivity contribution is 7.12. The highest BCUT2D eigenvalue weighted by Crippen LogP contribution is 2.26. The van der Waals surface area contributed by atoms with Crippen molar-refractivity contribution in [3.63, 3.8) is 0 Å². The minimum atomic E-state index is -1.00. The van der Waals surface area contributed by atoms with Crippen LogP contribution >= 0.6 is 34.5 Å². The van der Waals surface area contributed by atoms with Crippen molar-refractivity contribution in [3.05, 3.63) is 69.1 Å². The lowest BCUT2D eigenvalue weighted by Crippen LogP contribution is -2.30. The third-order valence-corrected chi connectivity index (χ3v) is 5.00. The van der Waals surface area contributed by atoms with E-state index in [1.54, 1.807) is 17.5 Å². The zero-order chi connectivity index (χ0) is 18.7. The van der Waals surface area contributed by atoms with Crippen LogP contribution in [0, 0.1) is 0 Å². The molecule has 3 aromatic rings. The molecule has 1 unspecified atom stereocenters. The van der Waals surface area contributed by atoms with E-state index in [2.05, 4.69) is 5.32 Å². The van der Waals surface area contributed by atoms with Crippen LogP contribution in [0.2, 0.25) is 10.0 Å². The Morgan fingerprint density at radius 2 is 1.92 bits per heavy atom. The van der Waals surface area contributed by atoms with Gasteiger partial charge in [-0.2, -0.15) is 0 Å². The van der Waals surface area contributed by atoms with Crippen LogP contribution < -0.4 is 5.32 Å². The number of hydrogen-bond acceptors (Lipinski definition) is 4. The second kappa shape index (κ2) is 7.95. The van der Waals surface area contributed by atoms with Crippen molar-refractivity contribution in [2.45, 2.75) is 13.0 Å². The summed E-state index contributed by atoms with van der Waals surface area (Å²) in [5.74, 6) is -1.06. The first-order valence-electron chi connectivity index (χ1n) is 7.63. The molecule has 1 amide bonds. The molecule has 0 radical (unpaired) electrons. The average molecular weight is 409 g/mol. The fraction of sp³-hybridized carbons (Fsp3) is 0.111. The molecule has 0 saturated heterocycles. The largest absolute Gasteiger partial charge is 0.448 e. The standard InChI is InChI=1S/C18H14Cl2N2O3S/c1-11(17(23)21-14-10-12(19)4-5-13(14)20)25-18(24)16-15(6-9-26-16)22-7-2-3-8-22/h2-11H,1H3,(H,21,23). The Hall–Kier alpha value is -2.28. The average Bonchev–Trinajstić information content (AvgIpc) is 3.28. The summed E-state index contributed by atoms with van der Waals surface area (Å²) in [5.41, 5.74) is 1.06. The molecular formula is C18H14Cl2N2O3S. The summed E-state index contributed by atoms with van der Waals surface area (Å²) in [7, 11) is 0. The first-order valence-corrected chi connectivity index (χ1v) is 9.27. The molecule has 1 N–H and O–H groups in total. The number of carbonyl (C=O) groups is 2. The van der Waals surface area contributed by atoms with Gasteiger partial charge in [-0.05, 0) is 48.7 Å². The van der Waals surface area contributed by atoms with E-state index in [1.807, 2.05) is 35.2 Å². The van der Waals surface area contributed by atoms with E-state index in [1.165, 1.54) is 24.3 Å². The van der Waals surface area contributed by atoms with Crippen molar-refractivity contribution in [1.29, 1.82) is 0 Å². The van der Waals surface area contributed by atoms with Crippen molar-refractivity contribution >= 4 is 52.1 Å². The molecule has 1 aromatic carbocycles. The first-order chi connectivity index (χ1) is 12.5. The molecule has 0 spiro atoms. The summed E-state index contributed by atoms with van der Waals surface area (Å²) in [6.07, 6.45) is 2.66. The predicted octanol–water partition coefficient (Wildman–Crippen LogP) is 5.03. The lowest BCUT2D eigenvalue weighted by molar-refractivity contribution is -0.123. The molecule has 2 aromatic heterocycles. The zero-order valence-electron chi connectivity index (χ0n) is 13.6. The van der Waals surface area contributed by atoms with E-state index >= 15 is 0 Å². The van der Waals surface area contributed by atoms with Crippen LogP contribution in [0.3, 0.4) is 0 Å². The van der Waals surface area contributed by atoms with Crippen LogP contribution in [0.1, 0.15) is 16.6 Å².